The molecule has 0 atom stereocenters. The van der Waals surface area contributed by atoms with Gasteiger partial charge in [0.15, 0.2) is 0 Å². The van der Waals surface area contributed by atoms with Crippen molar-refractivity contribution in [3.63, 3.8) is 0 Å². The number of anilines is 1. The summed E-state index contributed by atoms with van der Waals surface area (Å²) in [5.41, 5.74) is 3.93. The lowest BCUT2D eigenvalue weighted by Gasteiger charge is -2.35. The zero-order chi connectivity index (χ0) is 25.0. The van der Waals surface area contributed by atoms with Gasteiger partial charge in [-0.3, -0.25) is 19.8 Å². The van der Waals surface area contributed by atoms with Gasteiger partial charge in [0.05, 0.1) is 18.5 Å². The van der Waals surface area contributed by atoms with Crippen LogP contribution in [0.2, 0.25) is 0 Å². The number of piperazine rings is 1. The Morgan fingerprint density at radius 3 is 2.58 bits per heavy atom. The van der Waals surface area contributed by atoms with Crippen LogP contribution in [0.5, 0.6) is 0 Å². The molecule has 3 aromatic rings. The number of benzene rings is 1. The molecule has 2 aromatic heterocycles. The largest absolute Gasteiger partial charge is 0.353 e. The number of hydrogen-bond donors (Lipinski definition) is 1. The third kappa shape index (κ3) is 3.88. The lowest BCUT2D eigenvalue weighted by molar-refractivity contribution is -0.123. The molecule has 0 saturated carbocycles. The van der Waals surface area contributed by atoms with Gasteiger partial charge in [0.1, 0.15) is 17.0 Å². The first-order valence-corrected chi connectivity index (χ1v) is 12.9. The van der Waals surface area contributed by atoms with Gasteiger partial charge in [0, 0.05) is 49.6 Å². The molecule has 11 heteroatoms. The van der Waals surface area contributed by atoms with E-state index in [0.29, 0.717) is 12.1 Å². The van der Waals surface area contributed by atoms with Gasteiger partial charge in [0.25, 0.3) is 5.91 Å². The zero-order valence-corrected chi connectivity index (χ0v) is 21.1. The minimum absolute atomic E-state index is 0.190. The Bertz CT molecular complexity index is 1400. The highest BCUT2D eigenvalue weighted by Crippen LogP contribution is 2.34. The van der Waals surface area contributed by atoms with Gasteiger partial charge in [0.2, 0.25) is 5.91 Å². The molecule has 0 aliphatic carbocycles. The van der Waals surface area contributed by atoms with Crippen molar-refractivity contribution in [1.29, 1.82) is 0 Å². The Balaban J connectivity index is 1.11. The number of amides is 4. The predicted molar refractivity (Wildman–Crippen MR) is 136 cm³/mol. The number of carbonyl (C=O) groups excluding carboxylic acids is 3. The molecule has 0 unspecified atom stereocenters. The second-order valence-electron chi connectivity index (χ2n) is 9.50. The summed E-state index contributed by atoms with van der Waals surface area (Å²) in [5, 5.41) is 6.23. The van der Waals surface area contributed by atoms with E-state index in [4.69, 9.17) is 0 Å². The van der Waals surface area contributed by atoms with Crippen molar-refractivity contribution in [2.75, 3.05) is 37.6 Å². The van der Waals surface area contributed by atoms with Gasteiger partial charge in [-0.1, -0.05) is 12.1 Å². The number of urea groups is 1. The summed E-state index contributed by atoms with van der Waals surface area (Å²) >= 11 is 1.72. The van der Waals surface area contributed by atoms with Gasteiger partial charge in [-0.2, -0.15) is 0 Å². The van der Waals surface area contributed by atoms with Gasteiger partial charge in [-0.15, -0.1) is 11.3 Å². The Kier molecular flexibility index (Phi) is 5.60. The first-order valence-electron chi connectivity index (χ1n) is 12.1. The molecule has 6 rings (SSSR count). The maximum absolute atomic E-state index is 12.9. The molecule has 2 saturated heterocycles. The third-order valence-electron chi connectivity index (χ3n) is 7.30. The highest BCUT2D eigenvalue weighted by atomic mass is 32.1. The lowest BCUT2D eigenvalue weighted by atomic mass is 10.1. The minimum atomic E-state index is -0.542. The van der Waals surface area contributed by atoms with Crippen LogP contribution in [0.1, 0.15) is 38.3 Å². The van der Waals surface area contributed by atoms with Gasteiger partial charge in [-0.25, -0.2) is 24.8 Å². The zero-order valence-electron chi connectivity index (χ0n) is 20.3. The van der Waals surface area contributed by atoms with Gasteiger partial charge < -0.3 is 4.90 Å². The number of hydrazine groups is 1. The van der Waals surface area contributed by atoms with E-state index in [-0.39, 0.29) is 24.8 Å². The van der Waals surface area contributed by atoms with Crippen molar-refractivity contribution >= 4 is 45.2 Å². The van der Waals surface area contributed by atoms with Crippen LogP contribution in [-0.2, 0) is 17.9 Å². The van der Waals surface area contributed by atoms with Crippen molar-refractivity contribution in [3.8, 4) is 0 Å². The molecular formula is C25H27N7O3S. The molecule has 36 heavy (non-hydrogen) atoms. The Hall–Kier alpha value is -3.57. The first-order chi connectivity index (χ1) is 17.4. The van der Waals surface area contributed by atoms with E-state index in [2.05, 4.69) is 45.0 Å². The maximum atomic E-state index is 12.9. The number of fused-ring (bicyclic) bond motifs is 2. The number of imide groups is 1. The second kappa shape index (κ2) is 8.82. The third-order valence-corrected chi connectivity index (χ3v) is 8.42. The summed E-state index contributed by atoms with van der Waals surface area (Å²) in [5.74, 6) is 0.512. The molecule has 1 N–H and O–H groups in total. The number of hydrogen-bond acceptors (Lipinski definition) is 8. The Morgan fingerprint density at radius 1 is 1.00 bits per heavy atom. The molecule has 2 fully saturated rings. The predicted octanol–water partition coefficient (Wildman–Crippen LogP) is 2.44. The van der Waals surface area contributed by atoms with Crippen LogP contribution >= 0.6 is 11.3 Å². The highest BCUT2D eigenvalue weighted by Gasteiger charge is 2.37. The fraction of sp³-hybridized carbons (Fsp3) is 0.400. The standard InChI is InChI=1S/C25H27N7O3S/c1-15-16(2)36-23-21(15)22(26-14-27-23)30-9-7-29(8-10-30)12-17-3-4-19-18(11-17)13-32(24(19)34)31-6-5-20(33)28-25(31)35/h3-4,11,14H,5-10,12-13H2,1-2H3,(H,28,33,35). The fourth-order valence-corrected chi connectivity index (χ4v) is 6.21. The molecule has 0 bridgehead atoms. The van der Waals surface area contributed by atoms with E-state index >= 15 is 0 Å². The first kappa shape index (κ1) is 22.9. The maximum Gasteiger partial charge on any atom is 0.342 e. The van der Waals surface area contributed by atoms with E-state index in [9.17, 15) is 14.4 Å². The van der Waals surface area contributed by atoms with Crippen LogP contribution in [0.4, 0.5) is 10.6 Å². The van der Waals surface area contributed by atoms with Gasteiger partial charge >= 0.3 is 6.03 Å². The normalized spacial score (nSPS) is 18.8. The number of nitrogens with zero attached hydrogens (tertiary/aromatic N) is 6. The highest BCUT2D eigenvalue weighted by molar-refractivity contribution is 7.18. The number of carbonyl (C=O) groups is 3. The van der Waals surface area contributed by atoms with Crippen LogP contribution in [0, 0.1) is 13.8 Å². The van der Waals surface area contributed by atoms with Crippen LogP contribution in [0.3, 0.4) is 0 Å². The van der Waals surface area contributed by atoms with E-state index in [1.165, 1.54) is 25.8 Å². The summed E-state index contributed by atoms with van der Waals surface area (Å²) in [6.07, 6.45) is 1.86. The molecule has 0 radical (unpaired) electrons. The van der Waals surface area contributed by atoms with Crippen molar-refractivity contribution in [1.82, 2.24) is 30.2 Å². The number of nitrogens with one attached hydrogen (secondary N) is 1. The molecule has 0 spiro atoms. The number of thiophene rings is 1. The molecule has 3 aliphatic heterocycles. The molecule has 1 aromatic carbocycles. The van der Waals surface area contributed by atoms with Crippen LogP contribution in [0.25, 0.3) is 10.2 Å². The SMILES string of the molecule is Cc1sc2ncnc(N3CCN(Cc4ccc5c(c4)CN(N4CCC(=O)NC4=O)C5=O)CC3)c2c1C. The van der Waals surface area contributed by atoms with Gasteiger partial charge in [-0.05, 0) is 36.6 Å². The second-order valence-corrected chi connectivity index (χ2v) is 10.7. The molecule has 3 aliphatic rings. The summed E-state index contributed by atoms with van der Waals surface area (Å²) < 4.78 is 0. The number of aromatic nitrogens is 2. The summed E-state index contributed by atoms with van der Waals surface area (Å²) in [4.78, 5) is 52.8. The number of aryl methyl sites for hydroxylation is 2. The van der Waals surface area contributed by atoms with E-state index in [1.54, 1.807) is 17.7 Å². The quantitative estimate of drug-likeness (QED) is 0.581. The molecular weight excluding hydrogens is 478 g/mol. The summed E-state index contributed by atoms with van der Waals surface area (Å²) in [6, 6.07) is 5.38. The molecule has 186 valence electrons. The average Bonchev–Trinajstić information content (AvgIpc) is 3.35. The number of rotatable bonds is 4. The lowest BCUT2D eigenvalue weighted by Crippen LogP contribution is -2.56. The Labute approximate surface area is 212 Å². The average molecular weight is 506 g/mol. The van der Waals surface area contributed by atoms with Crippen molar-refractivity contribution in [3.05, 3.63) is 51.7 Å². The van der Waals surface area contributed by atoms with Crippen LogP contribution in [-0.4, -0.2) is 75.5 Å². The minimum Gasteiger partial charge on any atom is -0.353 e. The fourth-order valence-electron chi connectivity index (χ4n) is 5.22. The summed E-state index contributed by atoms with van der Waals surface area (Å²) in [7, 11) is 0. The molecule has 5 heterocycles. The molecule has 4 amide bonds. The van der Waals surface area contributed by atoms with E-state index < -0.39 is 6.03 Å². The Morgan fingerprint density at radius 2 is 1.81 bits per heavy atom. The van der Waals surface area contributed by atoms with Crippen molar-refractivity contribution in [2.24, 2.45) is 0 Å². The van der Waals surface area contributed by atoms with Crippen LogP contribution in [0.15, 0.2) is 24.5 Å². The van der Waals surface area contributed by atoms with Crippen molar-refractivity contribution < 1.29 is 14.4 Å². The molecule has 10 nitrogen and oxygen atoms in total. The summed E-state index contributed by atoms with van der Waals surface area (Å²) in [6.45, 7) is 9.23. The smallest absolute Gasteiger partial charge is 0.342 e. The van der Waals surface area contributed by atoms with E-state index in [0.717, 1.165) is 54.5 Å². The van der Waals surface area contributed by atoms with E-state index in [1.807, 2.05) is 12.1 Å². The topological polar surface area (TPSA) is 102 Å². The van der Waals surface area contributed by atoms with Crippen LogP contribution < -0.4 is 10.2 Å². The van der Waals surface area contributed by atoms with Crippen molar-refractivity contribution in [2.45, 2.75) is 33.4 Å². The monoisotopic (exact) mass is 505 g/mol.